The molecule has 2 atom stereocenters. The van der Waals surface area contributed by atoms with Crippen molar-refractivity contribution < 1.29 is 5.11 Å². The number of aliphatic hydroxyl groups excluding tert-OH is 1. The zero-order chi connectivity index (χ0) is 13.1. The Balaban J connectivity index is 1.68. The van der Waals surface area contributed by atoms with Gasteiger partial charge in [0.25, 0.3) is 0 Å². The van der Waals surface area contributed by atoms with Crippen LogP contribution in [0.15, 0.2) is 54.6 Å². The van der Waals surface area contributed by atoms with Crippen molar-refractivity contribution >= 4 is 0 Å². The fourth-order valence-corrected chi connectivity index (χ4v) is 2.79. The summed E-state index contributed by atoms with van der Waals surface area (Å²) < 4.78 is 0. The topological polar surface area (TPSA) is 32.3 Å². The number of benzene rings is 2. The highest BCUT2D eigenvalue weighted by Gasteiger charge is 2.26. The monoisotopic (exact) mass is 253 g/mol. The molecule has 2 nitrogen and oxygen atoms in total. The van der Waals surface area contributed by atoms with E-state index in [9.17, 15) is 5.11 Å². The molecule has 0 spiro atoms. The van der Waals surface area contributed by atoms with Crippen molar-refractivity contribution in [3.05, 3.63) is 71.3 Å². The molecule has 2 aromatic rings. The molecular weight excluding hydrogens is 234 g/mol. The van der Waals surface area contributed by atoms with Gasteiger partial charge in [-0.25, -0.2) is 0 Å². The van der Waals surface area contributed by atoms with Gasteiger partial charge in [-0.2, -0.15) is 0 Å². The Bertz CT molecular complexity index is 538. The van der Waals surface area contributed by atoms with Gasteiger partial charge < -0.3 is 10.4 Å². The summed E-state index contributed by atoms with van der Waals surface area (Å²) in [6.07, 6.45) is 1.64. The molecule has 3 rings (SSSR count). The van der Waals surface area contributed by atoms with Crippen molar-refractivity contribution in [3.63, 3.8) is 0 Å². The number of aliphatic hydroxyl groups is 1. The van der Waals surface area contributed by atoms with Crippen LogP contribution in [0, 0.1) is 0 Å². The van der Waals surface area contributed by atoms with Gasteiger partial charge >= 0.3 is 0 Å². The molecule has 2 heteroatoms. The molecule has 19 heavy (non-hydrogen) atoms. The highest BCUT2D eigenvalue weighted by atomic mass is 16.3. The molecule has 2 N–H and O–H groups in total. The predicted octanol–water partition coefficient (Wildman–Crippen LogP) is 2.82. The van der Waals surface area contributed by atoms with Gasteiger partial charge in [0.1, 0.15) is 0 Å². The van der Waals surface area contributed by atoms with E-state index in [2.05, 4.69) is 23.5 Å². The van der Waals surface area contributed by atoms with Gasteiger partial charge in [-0.1, -0.05) is 54.6 Å². The van der Waals surface area contributed by atoms with E-state index in [1.54, 1.807) is 0 Å². The maximum atomic E-state index is 10.4. The van der Waals surface area contributed by atoms with Crippen molar-refractivity contribution in [2.45, 2.75) is 31.5 Å². The molecule has 0 aromatic heterocycles. The van der Waals surface area contributed by atoms with Crippen LogP contribution in [0.4, 0.5) is 0 Å². The van der Waals surface area contributed by atoms with E-state index in [0.717, 1.165) is 24.9 Å². The quantitative estimate of drug-likeness (QED) is 0.881. The van der Waals surface area contributed by atoms with E-state index in [-0.39, 0.29) is 6.04 Å². The minimum absolute atomic E-state index is 0.148. The number of fused-ring (bicyclic) bond motifs is 1. The minimum atomic E-state index is -0.395. The third kappa shape index (κ3) is 2.70. The fourth-order valence-electron chi connectivity index (χ4n) is 2.79. The van der Waals surface area contributed by atoms with Gasteiger partial charge in [-0.05, 0) is 29.5 Å². The van der Waals surface area contributed by atoms with Crippen LogP contribution < -0.4 is 5.32 Å². The van der Waals surface area contributed by atoms with Crippen LogP contribution >= 0.6 is 0 Å². The number of nitrogens with one attached hydrogen (secondary N) is 1. The third-order valence-electron chi connectivity index (χ3n) is 3.89. The molecule has 0 amide bonds. The lowest BCUT2D eigenvalue weighted by Crippen LogP contribution is -2.37. The van der Waals surface area contributed by atoms with Crippen LogP contribution in [0.5, 0.6) is 0 Å². The lowest BCUT2D eigenvalue weighted by Gasteiger charge is -2.31. The van der Waals surface area contributed by atoms with Gasteiger partial charge in [0.05, 0.1) is 6.10 Å². The number of rotatable bonds is 3. The molecular formula is C17H19NO. The van der Waals surface area contributed by atoms with E-state index in [4.69, 9.17) is 0 Å². The second-order valence-corrected chi connectivity index (χ2v) is 5.16. The summed E-state index contributed by atoms with van der Waals surface area (Å²) >= 11 is 0. The predicted molar refractivity (Wildman–Crippen MR) is 76.8 cm³/mol. The standard InChI is InChI=1S/C17H19NO/c19-17-15-9-5-4-8-14(15)10-11-16(17)18-12-13-6-2-1-3-7-13/h1-9,16-19H,10-12H2/t16-,17-/m1/s1. The normalized spacial score (nSPS) is 21.9. The van der Waals surface area contributed by atoms with Crippen LogP contribution in [-0.4, -0.2) is 11.1 Å². The maximum absolute atomic E-state index is 10.4. The molecule has 0 saturated heterocycles. The zero-order valence-corrected chi connectivity index (χ0v) is 10.9. The first-order valence-electron chi connectivity index (χ1n) is 6.88. The molecule has 0 saturated carbocycles. The second-order valence-electron chi connectivity index (χ2n) is 5.16. The van der Waals surface area contributed by atoms with Gasteiger partial charge in [0.2, 0.25) is 0 Å². The summed E-state index contributed by atoms with van der Waals surface area (Å²) in [6, 6.07) is 18.7. The molecule has 0 bridgehead atoms. The molecule has 1 aliphatic rings. The second kappa shape index (κ2) is 5.55. The Labute approximate surface area is 114 Å². The number of hydrogen-bond acceptors (Lipinski definition) is 2. The van der Waals surface area contributed by atoms with Crippen molar-refractivity contribution in [3.8, 4) is 0 Å². The Morgan fingerprint density at radius 2 is 1.74 bits per heavy atom. The highest BCUT2D eigenvalue weighted by Crippen LogP contribution is 2.29. The largest absolute Gasteiger partial charge is 0.387 e. The van der Waals surface area contributed by atoms with Crippen LogP contribution in [0.3, 0.4) is 0 Å². The smallest absolute Gasteiger partial charge is 0.0945 e. The Morgan fingerprint density at radius 3 is 2.58 bits per heavy atom. The Hall–Kier alpha value is -1.64. The van der Waals surface area contributed by atoms with Crippen molar-refractivity contribution in [1.82, 2.24) is 5.32 Å². The lowest BCUT2D eigenvalue weighted by atomic mass is 9.86. The maximum Gasteiger partial charge on any atom is 0.0945 e. The van der Waals surface area contributed by atoms with Crippen LogP contribution in [0.25, 0.3) is 0 Å². The average Bonchev–Trinajstić information content (AvgIpc) is 2.48. The zero-order valence-electron chi connectivity index (χ0n) is 10.9. The van der Waals surface area contributed by atoms with Gasteiger partial charge in [-0.3, -0.25) is 0 Å². The van der Waals surface area contributed by atoms with E-state index in [1.807, 2.05) is 36.4 Å². The van der Waals surface area contributed by atoms with E-state index in [1.165, 1.54) is 11.1 Å². The molecule has 1 aliphatic carbocycles. The van der Waals surface area contributed by atoms with Gasteiger partial charge in [-0.15, -0.1) is 0 Å². The first kappa shape index (κ1) is 12.4. The Kier molecular flexibility index (Phi) is 3.62. The van der Waals surface area contributed by atoms with Crippen molar-refractivity contribution in [1.29, 1.82) is 0 Å². The summed E-state index contributed by atoms with van der Waals surface area (Å²) in [5.74, 6) is 0. The summed E-state index contributed by atoms with van der Waals surface area (Å²) in [7, 11) is 0. The Morgan fingerprint density at radius 1 is 1.00 bits per heavy atom. The first-order valence-corrected chi connectivity index (χ1v) is 6.88. The average molecular weight is 253 g/mol. The van der Waals surface area contributed by atoms with Crippen molar-refractivity contribution in [2.24, 2.45) is 0 Å². The number of hydrogen-bond donors (Lipinski definition) is 2. The van der Waals surface area contributed by atoms with Gasteiger partial charge in [0, 0.05) is 12.6 Å². The summed E-state index contributed by atoms with van der Waals surface area (Å²) in [4.78, 5) is 0. The van der Waals surface area contributed by atoms with Crippen LogP contribution in [-0.2, 0) is 13.0 Å². The highest BCUT2D eigenvalue weighted by molar-refractivity contribution is 5.32. The molecule has 0 radical (unpaired) electrons. The third-order valence-corrected chi connectivity index (χ3v) is 3.89. The van der Waals surface area contributed by atoms with E-state index in [0.29, 0.717) is 0 Å². The van der Waals surface area contributed by atoms with E-state index < -0.39 is 6.10 Å². The molecule has 0 unspecified atom stereocenters. The molecule has 0 aliphatic heterocycles. The van der Waals surface area contributed by atoms with Crippen LogP contribution in [0.2, 0.25) is 0 Å². The molecule has 98 valence electrons. The first-order chi connectivity index (χ1) is 9.34. The molecule has 0 fully saturated rings. The fraction of sp³-hybridized carbons (Fsp3) is 0.294. The van der Waals surface area contributed by atoms with E-state index >= 15 is 0 Å². The lowest BCUT2D eigenvalue weighted by molar-refractivity contribution is 0.114. The SMILES string of the molecule is O[C@@H]1c2ccccc2CC[C@H]1NCc1ccccc1. The summed E-state index contributed by atoms with van der Waals surface area (Å²) in [5.41, 5.74) is 3.63. The van der Waals surface area contributed by atoms with Crippen LogP contribution in [0.1, 0.15) is 29.2 Å². The van der Waals surface area contributed by atoms with Gasteiger partial charge in [0.15, 0.2) is 0 Å². The minimum Gasteiger partial charge on any atom is -0.387 e. The summed E-state index contributed by atoms with van der Waals surface area (Å²) in [6.45, 7) is 0.810. The molecule has 0 heterocycles. The summed E-state index contributed by atoms with van der Waals surface area (Å²) in [5, 5.41) is 13.9. The molecule has 2 aromatic carbocycles. The van der Waals surface area contributed by atoms with Crippen molar-refractivity contribution in [2.75, 3.05) is 0 Å². The number of aryl methyl sites for hydroxylation is 1.